The SMILES string of the molecule is CCN(CC)CCOc1ccccc1NC(=O)NC(c1ccccc1)c1n[nH]c(C)n1. The van der Waals surface area contributed by atoms with E-state index in [9.17, 15) is 4.79 Å². The smallest absolute Gasteiger partial charge is 0.320 e. The van der Waals surface area contributed by atoms with E-state index in [1.807, 2.05) is 61.5 Å². The number of rotatable bonds is 10. The molecule has 164 valence electrons. The molecule has 0 saturated carbocycles. The van der Waals surface area contributed by atoms with Crippen molar-refractivity contribution in [1.82, 2.24) is 25.4 Å². The molecule has 0 bridgehead atoms. The number of hydrogen-bond acceptors (Lipinski definition) is 5. The quantitative estimate of drug-likeness (QED) is 0.463. The summed E-state index contributed by atoms with van der Waals surface area (Å²) < 4.78 is 5.94. The van der Waals surface area contributed by atoms with Gasteiger partial charge in [0.2, 0.25) is 0 Å². The molecule has 0 aliphatic carbocycles. The van der Waals surface area contributed by atoms with Gasteiger partial charge >= 0.3 is 6.03 Å². The average Bonchev–Trinajstić information content (AvgIpc) is 3.22. The fourth-order valence-electron chi connectivity index (χ4n) is 3.24. The predicted molar refractivity (Wildman–Crippen MR) is 121 cm³/mol. The van der Waals surface area contributed by atoms with Gasteiger partial charge < -0.3 is 20.3 Å². The van der Waals surface area contributed by atoms with Gasteiger partial charge in [-0.3, -0.25) is 5.10 Å². The molecule has 1 aromatic heterocycles. The largest absolute Gasteiger partial charge is 0.490 e. The van der Waals surface area contributed by atoms with Crippen LogP contribution in [0, 0.1) is 6.92 Å². The van der Waals surface area contributed by atoms with Crippen molar-refractivity contribution in [3.63, 3.8) is 0 Å². The Morgan fingerprint density at radius 3 is 2.48 bits per heavy atom. The molecule has 0 aliphatic rings. The highest BCUT2D eigenvalue weighted by Gasteiger charge is 2.21. The van der Waals surface area contributed by atoms with Crippen LogP contribution in [0.25, 0.3) is 0 Å². The zero-order chi connectivity index (χ0) is 22.1. The van der Waals surface area contributed by atoms with Crippen LogP contribution in [0.5, 0.6) is 5.75 Å². The minimum Gasteiger partial charge on any atom is -0.490 e. The molecule has 3 rings (SSSR count). The number of hydrogen-bond donors (Lipinski definition) is 3. The minimum atomic E-state index is -0.484. The van der Waals surface area contributed by atoms with Crippen LogP contribution in [0.2, 0.25) is 0 Å². The van der Waals surface area contributed by atoms with Crippen molar-refractivity contribution in [2.75, 3.05) is 31.6 Å². The second-order valence-corrected chi connectivity index (χ2v) is 7.09. The number of benzene rings is 2. The van der Waals surface area contributed by atoms with Gasteiger partial charge in [-0.25, -0.2) is 9.78 Å². The molecule has 0 radical (unpaired) electrons. The van der Waals surface area contributed by atoms with Gasteiger partial charge in [-0.1, -0.05) is 56.3 Å². The summed E-state index contributed by atoms with van der Waals surface area (Å²) in [5.41, 5.74) is 1.50. The number of para-hydroxylation sites is 2. The number of aromatic amines is 1. The maximum absolute atomic E-state index is 12.9. The molecular weight excluding hydrogens is 392 g/mol. The molecule has 31 heavy (non-hydrogen) atoms. The van der Waals surface area contributed by atoms with Gasteiger partial charge in [0.15, 0.2) is 5.82 Å². The third-order valence-corrected chi connectivity index (χ3v) is 4.98. The highest BCUT2D eigenvalue weighted by atomic mass is 16.5. The molecule has 8 heteroatoms. The van der Waals surface area contributed by atoms with Gasteiger partial charge in [0.05, 0.1) is 5.69 Å². The maximum Gasteiger partial charge on any atom is 0.320 e. The number of ether oxygens (including phenoxy) is 1. The molecule has 3 aromatic rings. The molecule has 2 aromatic carbocycles. The van der Waals surface area contributed by atoms with Crippen molar-refractivity contribution in [2.45, 2.75) is 26.8 Å². The van der Waals surface area contributed by atoms with E-state index in [1.54, 1.807) is 0 Å². The lowest BCUT2D eigenvalue weighted by Gasteiger charge is -2.20. The molecule has 0 saturated heterocycles. The molecule has 1 atom stereocenters. The minimum absolute atomic E-state index is 0.365. The van der Waals surface area contributed by atoms with Gasteiger partial charge in [-0.15, -0.1) is 0 Å². The first-order valence-corrected chi connectivity index (χ1v) is 10.6. The van der Waals surface area contributed by atoms with E-state index in [0.29, 0.717) is 29.7 Å². The third-order valence-electron chi connectivity index (χ3n) is 4.98. The normalized spacial score (nSPS) is 11.9. The summed E-state index contributed by atoms with van der Waals surface area (Å²) in [7, 11) is 0. The summed E-state index contributed by atoms with van der Waals surface area (Å²) in [6.45, 7) is 9.40. The molecule has 0 fully saturated rings. The van der Waals surface area contributed by atoms with Crippen molar-refractivity contribution in [3.8, 4) is 5.75 Å². The Morgan fingerprint density at radius 1 is 1.10 bits per heavy atom. The molecule has 8 nitrogen and oxygen atoms in total. The summed E-state index contributed by atoms with van der Waals surface area (Å²) in [6.07, 6.45) is 0. The van der Waals surface area contributed by atoms with Crippen LogP contribution >= 0.6 is 0 Å². The first-order chi connectivity index (χ1) is 15.1. The number of aryl methyl sites for hydroxylation is 1. The molecule has 2 amide bonds. The highest BCUT2D eigenvalue weighted by Crippen LogP contribution is 2.24. The zero-order valence-corrected chi connectivity index (χ0v) is 18.3. The van der Waals surface area contributed by atoms with Crippen LogP contribution < -0.4 is 15.4 Å². The maximum atomic E-state index is 12.9. The Kier molecular flexibility index (Phi) is 8.00. The van der Waals surface area contributed by atoms with Crippen molar-refractivity contribution < 1.29 is 9.53 Å². The first kappa shape index (κ1) is 22.3. The Balaban J connectivity index is 1.69. The number of amides is 2. The molecule has 0 spiro atoms. The summed E-state index contributed by atoms with van der Waals surface area (Å²) in [4.78, 5) is 19.5. The molecular formula is C23H30N6O2. The lowest BCUT2D eigenvalue weighted by molar-refractivity contribution is 0.223. The Morgan fingerprint density at radius 2 is 1.81 bits per heavy atom. The number of aromatic nitrogens is 3. The van der Waals surface area contributed by atoms with Gasteiger partial charge in [-0.05, 0) is 37.7 Å². The molecule has 3 N–H and O–H groups in total. The monoisotopic (exact) mass is 422 g/mol. The summed E-state index contributed by atoms with van der Waals surface area (Å²) in [5, 5.41) is 12.9. The molecule has 1 heterocycles. The van der Waals surface area contributed by atoms with E-state index in [0.717, 1.165) is 25.2 Å². The van der Waals surface area contributed by atoms with E-state index < -0.39 is 6.04 Å². The van der Waals surface area contributed by atoms with Crippen LogP contribution in [0.3, 0.4) is 0 Å². The van der Waals surface area contributed by atoms with Crippen LogP contribution in [0.15, 0.2) is 54.6 Å². The summed E-state index contributed by atoms with van der Waals surface area (Å²) >= 11 is 0. The van der Waals surface area contributed by atoms with Crippen molar-refractivity contribution in [1.29, 1.82) is 0 Å². The van der Waals surface area contributed by atoms with E-state index in [2.05, 4.69) is 44.6 Å². The fraction of sp³-hybridized carbons (Fsp3) is 0.348. The summed E-state index contributed by atoms with van der Waals surface area (Å²) in [6, 6.07) is 16.2. The number of carbonyl (C=O) groups is 1. The highest BCUT2D eigenvalue weighted by molar-refractivity contribution is 5.91. The van der Waals surface area contributed by atoms with Crippen molar-refractivity contribution in [3.05, 3.63) is 71.8 Å². The first-order valence-electron chi connectivity index (χ1n) is 10.6. The number of nitrogens with zero attached hydrogens (tertiary/aromatic N) is 3. The number of H-pyrrole nitrogens is 1. The topological polar surface area (TPSA) is 95.2 Å². The van der Waals surface area contributed by atoms with Gasteiger partial charge in [0.1, 0.15) is 24.2 Å². The Hall–Kier alpha value is -3.39. The molecule has 0 aliphatic heterocycles. The number of likely N-dealkylation sites (N-methyl/N-ethyl adjacent to an activating group) is 1. The van der Waals surface area contributed by atoms with Crippen molar-refractivity contribution in [2.24, 2.45) is 0 Å². The van der Waals surface area contributed by atoms with Gasteiger partial charge in [0.25, 0.3) is 0 Å². The number of anilines is 1. The van der Waals surface area contributed by atoms with E-state index >= 15 is 0 Å². The standard InChI is InChI=1S/C23H30N6O2/c1-4-29(5-2)15-16-31-20-14-10-9-13-19(20)25-23(30)26-21(18-11-7-6-8-12-18)22-24-17(3)27-28-22/h6-14,21H,4-5,15-16H2,1-3H3,(H,24,27,28)(H2,25,26,30). The van der Waals surface area contributed by atoms with Crippen molar-refractivity contribution >= 4 is 11.7 Å². The zero-order valence-electron chi connectivity index (χ0n) is 18.3. The fourth-order valence-corrected chi connectivity index (χ4v) is 3.24. The van der Waals surface area contributed by atoms with Crippen LogP contribution in [-0.4, -0.2) is 52.4 Å². The second-order valence-electron chi connectivity index (χ2n) is 7.09. The van der Waals surface area contributed by atoms with Gasteiger partial charge in [0, 0.05) is 6.54 Å². The van der Waals surface area contributed by atoms with Crippen LogP contribution in [0.1, 0.15) is 37.1 Å². The van der Waals surface area contributed by atoms with E-state index in [4.69, 9.17) is 4.74 Å². The second kappa shape index (κ2) is 11.1. The lowest BCUT2D eigenvalue weighted by atomic mass is 10.1. The third kappa shape index (κ3) is 6.29. The molecule has 1 unspecified atom stereocenters. The number of urea groups is 1. The predicted octanol–water partition coefficient (Wildman–Crippen LogP) is 3.74. The van der Waals surface area contributed by atoms with E-state index in [-0.39, 0.29) is 6.03 Å². The summed E-state index contributed by atoms with van der Waals surface area (Å²) in [5.74, 6) is 1.82. The number of nitrogens with one attached hydrogen (secondary N) is 3. The average molecular weight is 423 g/mol. The van der Waals surface area contributed by atoms with Gasteiger partial charge in [-0.2, -0.15) is 5.10 Å². The lowest BCUT2D eigenvalue weighted by Crippen LogP contribution is -2.34. The van der Waals surface area contributed by atoms with Crippen LogP contribution in [0.4, 0.5) is 10.5 Å². The number of carbonyl (C=O) groups excluding carboxylic acids is 1. The van der Waals surface area contributed by atoms with Crippen LogP contribution in [-0.2, 0) is 0 Å². The van der Waals surface area contributed by atoms with E-state index in [1.165, 1.54) is 0 Å². The Labute approximate surface area is 183 Å². The Bertz CT molecular complexity index is 955.